The molecule has 0 aliphatic rings. The fourth-order valence-electron chi connectivity index (χ4n) is 1.29. The van der Waals surface area contributed by atoms with E-state index in [9.17, 15) is 5.11 Å². The van der Waals surface area contributed by atoms with Crippen molar-refractivity contribution in [3.8, 4) is 17.2 Å². The topological polar surface area (TPSA) is 38.7 Å². The smallest absolute Gasteiger partial charge is 0.200 e. The second-order valence-corrected chi connectivity index (χ2v) is 4.55. The molecule has 0 atom stereocenters. The molecule has 0 unspecified atom stereocenters. The van der Waals surface area contributed by atoms with Gasteiger partial charge >= 0.3 is 0 Å². The lowest BCUT2D eigenvalue weighted by molar-refractivity contribution is 0.338. The Morgan fingerprint density at radius 2 is 1.75 bits per heavy atom. The van der Waals surface area contributed by atoms with Crippen LogP contribution in [0.5, 0.6) is 17.2 Å². The maximum atomic E-state index is 9.73. The van der Waals surface area contributed by atoms with Crippen LogP contribution >= 0.6 is 11.8 Å². The Kier molecular flexibility index (Phi) is 5.32. The van der Waals surface area contributed by atoms with Crippen LogP contribution in [0.4, 0.5) is 0 Å². The number of phenolic OH excluding ortho intramolecular Hbond substituents is 1. The van der Waals surface area contributed by atoms with Crippen molar-refractivity contribution in [2.24, 2.45) is 0 Å². The lowest BCUT2D eigenvalue weighted by Crippen LogP contribution is -1.90. The van der Waals surface area contributed by atoms with E-state index in [-0.39, 0.29) is 5.75 Å². The second kappa shape index (κ2) is 6.53. The van der Waals surface area contributed by atoms with Crippen LogP contribution < -0.4 is 9.47 Å². The third-order valence-corrected chi connectivity index (χ3v) is 3.28. The van der Waals surface area contributed by atoms with Gasteiger partial charge in [0, 0.05) is 4.90 Å². The lowest BCUT2D eigenvalue weighted by atomic mass is 10.3. The van der Waals surface area contributed by atoms with Gasteiger partial charge in [-0.25, -0.2) is 0 Å². The van der Waals surface area contributed by atoms with Gasteiger partial charge in [-0.05, 0) is 24.3 Å². The number of phenols is 1. The highest BCUT2D eigenvalue weighted by atomic mass is 32.2. The van der Waals surface area contributed by atoms with Gasteiger partial charge in [0.2, 0.25) is 5.75 Å². The molecule has 0 aliphatic heterocycles. The first-order valence-corrected chi connectivity index (χ1v) is 6.29. The van der Waals surface area contributed by atoms with Gasteiger partial charge in [0.05, 0.1) is 14.2 Å². The maximum absolute atomic E-state index is 9.73. The van der Waals surface area contributed by atoms with Crippen molar-refractivity contribution in [2.75, 3.05) is 20.0 Å². The molecule has 0 amide bonds. The highest BCUT2D eigenvalue weighted by molar-refractivity contribution is 7.99. The highest BCUT2D eigenvalue weighted by Gasteiger charge is 2.11. The molecule has 1 aromatic rings. The van der Waals surface area contributed by atoms with E-state index >= 15 is 0 Å². The number of ether oxygens (including phenoxy) is 2. The Hall–Kier alpha value is -1.03. The zero-order valence-electron chi connectivity index (χ0n) is 9.95. The number of hydrogen-bond donors (Lipinski definition) is 1. The van der Waals surface area contributed by atoms with Crippen molar-refractivity contribution in [3.63, 3.8) is 0 Å². The molecule has 4 heteroatoms. The van der Waals surface area contributed by atoms with Gasteiger partial charge in [0.1, 0.15) is 0 Å². The zero-order chi connectivity index (χ0) is 12.0. The first-order valence-electron chi connectivity index (χ1n) is 5.30. The molecule has 0 radical (unpaired) electrons. The predicted octanol–water partition coefficient (Wildman–Crippen LogP) is 3.30. The van der Waals surface area contributed by atoms with Crippen molar-refractivity contribution in [1.29, 1.82) is 0 Å². The Bertz CT molecular complexity index is 314. The molecule has 0 saturated heterocycles. The molecule has 1 rings (SSSR count). The van der Waals surface area contributed by atoms with Crippen LogP contribution in [0.3, 0.4) is 0 Å². The summed E-state index contributed by atoms with van der Waals surface area (Å²) in [6.45, 7) is 2.17. The highest BCUT2D eigenvalue weighted by Crippen LogP contribution is 2.40. The van der Waals surface area contributed by atoms with Crippen LogP contribution in [0.2, 0.25) is 0 Å². The van der Waals surface area contributed by atoms with Crippen molar-refractivity contribution < 1.29 is 14.6 Å². The van der Waals surface area contributed by atoms with E-state index in [0.717, 1.165) is 10.6 Å². The van der Waals surface area contributed by atoms with Gasteiger partial charge in [0.25, 0.3) is 0 Å². The minimum absolute atomic E-state index is 0.0600. The van der Waals surface area contributed by atoms with E-state index in [4.69, 9.17) is 9.47 Å². The Morgan fingerprint density at radius 1 is 1.19 bits per heavy atom. The van der Waals surface area contributed by atoms with Crippen molar-refractivity contribution >= 4 is 11.8 Å². The molecular weight excluding hydrogens is 224 g/mol. The first kappa shape index (κ1) is 13.0. The number of aromatic hydroxyl groups is 1. The predicted molar refractivity (Wildman–Crippen MR) is 66.8 cm³/mol. The summed E-state index contributed by atoms with van der Waals surface area (Å²) in [7, 11) is 3.07. The van der Waals surface area contributed by atoms with Crippen molar-refractivity contribution in [1.82, 2.24) is 0 Å². The summed E-state index contributed by atoms with van der Waals surface area (Å²) in [6.07, 6.45) is 2.36. The average molecular weight is 242 g/mol. The second-order valence-electron chi connectivity index (χ2n) is 3.38. The molecule has 16 heavy (non-hydrogen) atoms. The molecule has 1 aromatic carbocycles. The van der Waals surface area contributed by atoms with E-state index in [1.54, 1.807) is 11.8 Å². The Labute approximate surface area is 101 Å². The number of benzene rings is 1. The van der Waals surface area contributed by atoms with Gasteiger partial charge in [-0.3, -0.25) is 0 Å². The summed E-state index contributed by atoms with van der Waals surface area (Å²) in [6, 6.07) is 3.66. The monoisotopic (exact) mass is 242 g/mol. The molecular formula is C12H18O3S. The largest absolute Gasteiger partial charge is 0.502 e. The van der Waals surface area contributed by atoms with Crippen LogP contribution in [-0.4, -0.2) is 25.1 Å². The lowest BCUT2D eigenvalue weighted by Gasteiger charge is -2.10. The number of rotatable bonds is 6. The van der Waals surface area contributed by atoms with E-state index in [2.05, 4.69) is 6.92 Å². The molecule has 0 bridgehead atoms. The summed E-state index contributed by atoms with van der Waals surface area (Å²) in [4.78, 5) is 1.06. The Balaban J connectivity index is 2.84. The molecule has 0 spiro atoms. The molecule has 0 aromatic heterocycles. The third-order valence-electron chi connectivity index (χ3n) is 2.22. The fraction of sp³-hybridized carbons (Fsp3) is 0.500. The van der Waals surface area contributed by atoms with Crippen molar-refractivity contribution in [3.05, 3.63) is 12.1 Å². The minimum atomic E-state index is 0.0600. The Morgan fingerprint density at radius 3 is 2.19 bits per heavy atom. The summed E-state index contributed by atoms with van der Waals surface area (Å²) >= 11 is 1.74. The molecule has 0 saturated carbocycles. The van der Waals surface area contributed by atoms with Gasteiger partial charge in [-0.15, -0.1) is 11.8 Å². The summed E-state index contributed by atoms with van der Waals surface area (Å²) in [5.41, 5.74) is 0. The zero-order valence-corrected chi connectivity index (χ0v) is 10.8. The van der Waals surface area contributed by atoms with Crippen LogP contribution in [0, 0.1) is 0 Å². The van der Waals surface area contributed by atoms with Crippen LogP contribution in [0.15, 0.2) is 17.0 Å². The van der Waals surface area contributed by atoms with E-state index in [0.29, 0.717) is 11.5 Å². The number of hydrogen-bond acceptors (Lipinski definition) is 4. The number of methoxy groups -OCH3 is 2. The quantitative estimate of drug-likeness (QED) is 0.613. The SMILES string of the molecule is CCCCSc1cc(OC)c(O)c(OC)c1. The minimum Gasteiger partial charge on any atom is -0.502 e. The molecule has 90 valence electrons. The van der Waals surface area contributed by atoms with E-state index < -0.39 is 0 Å². The third kappa shape index (κ3) is 3.23. The van der Waals surface area contributed by atoms with E-state index in [1.165, 1.54) is 27.1 Å². The van der Waals surface area contributed by atoms with Gasteiger partial charge in [-0.1, -0.05) is 13.3 Å². The van der Waals surface area contributed by atoms with Crippen LogP contribution in [0.1, 0.15) is 19.8 Å². The fourth-order valence-corrected chi connectivity index (χ4v) is 2.34. The average Bonchev–Trinajstić information content (AvgIpc) is 2.31. The normalized spacial score (nSPS) is 10.2. The van der Waals surface area contributed by atoms with Gasteiger partial charge in [-0.2, -0.15) is 0 Å². The number of thioether (sulfide) groups is 1. The van der Waals surface area contributed by atoms with Crippen LogP contribution in [-0.2, 0) is 0 Å². The molecule has 3 nitrogen and oxygen atoms in total. The standard InChI is InChI=1S/C12H18O3S/c1-4-5-6-16-9-7-10(14-2)12(13)11(8-9)15-3/h7-8,13H,4-6H2,1-3H3. The van der Waals surface area contributed by atoms with Crippen molar-refractivity contribution in [2.45, 2.75) is 24.7 Å². The summed E-state index contributed by atoms with van der Waals surface area (Å²) in [5, 5.41) is 9.73. The molecule has 0 aliphatic carbocycles. The molecule has 0 fully saturated rings. The van der Waals surface area contributed by atoms with Gasteiger partial charge in [0.15, 0.2) is 11.5 Å². The maximum Gasteiger partial charge on any atom is 0.200 e. The van der Waals surface area contributed by atoms with E-state index in [1.807, 2.05) is 12.1 Å². The molecule has 0 heterocycles. The van der Waals surface area contributed by atoms with Crippen LogP contribution in [0.25, 0.3) is 0 Å². The van der Waals surface area contributed by atoms with Gasteiger partial charge < -0.3 is 14.6 Å². The summed E-state index contributed by atoms with van der Waals surface area (Å²) < 4.78 is 10.2. The molecule has 1 N–H and O–H groups in total. The first-order chi connectivity index (χ1) is 7.72. The summed E-state index contributed by atoms with van der Waals surface area (Å²) in [5.74, 6) is 2.04. The number of unbranched alkanes of at least 4 members (excludes halogenated alkanes) is 1.